The molecule has 146 valence electrons. The normalized spacial score (nSPS) is 17.8. The van der Waals surface area contributed by atoms with E-state index in [0.717, 1.165) is 25.3 Å². The van der Waals surface area contributed by atoms with Gasteiger partial charge in [0, 0.05) is 31.6 Å². The third-order valence-corrected chi connectivity index (χ3v) is 6.75. The number of unbranched alkanes of at least 4 members (excludes halogenated alkanes) is 1. The second-order valence-corrected chi connectivity index (χ2v) is 8.60. The van der Waals surface area contributed by atoms with Crippen molar-refractivity contribution in [1.29, 1.82) is 0 Å². The largest absolute Gasteiger partial charge is 0.352 e. The molecule has 6 nitrogen and oxygen atoms in total. The van der Waals surface area contributed by atoms with Crippen molar-refractivity contribution in [3.05, 3.63) is 30.1 Å². The molecule has 0 aliphatic carbocycles. The molecule has 1 aromatic carbocycles. The smallest absolute Gasteiger partial charge is 0.245 e. The highest BCUT2D eigenvalue weighted by atomic mass is 32.2. The number of piperidine rings is 1. The van der Waals surface area contributed by atoms with Crippen LogP contribution in [0.15, 0.2) is 29.2 Å². The van der Waals surface area contributed by atoms with Crippen molar-refractivity contribution in [2.24, 2.45) is 11.7 Å². The third kappa shape index (κ3) is 5.02. The van der Waals surface area contributed by atoms with Crippen LogP contribution in [0.5, 0.6) is 0 Å². The average molecular weight is 386 g/mol. The number of hydrogen-bond donors (Lipinski definition) is 2. The number of nitrogens with one attached hydrogen (secondary N) is 1. The fraction of sp³-hybridized carbons (Fsp3) is 0.611. The maximum absolute atomic E-state index is 13.8. The summed E-state index contributed by atoms with van der Waals surface area (Å²) < 4.78 is 40.3. The van der Waals surface area contributed by atoms with E-state index in [9.17, 15) is 17.6 Å². The van der Waals surface area contributed by atoms with Gasteiger partial charge in [0.15, 0.2) is 0 Å². The van der Waals surface area contributed by atoms with Gasteiger partial charge in [-0.25, -0.2) is 12.8 Å². The lowest BCUT2D eigenvalue weighted by Gasteiger charge is -2.31. The van der Waals surface area contributed by atoms with Crippen LogP contribution < -0.4 is 11.1 Å². The van der Waals surface area contributed by atoms with Gasteiger partial charge in [-0.05, 0) is 31.4 Å². The molecule has 0 spiro atoms. The van der Waals surface area contributed by atoms with Gasteiger partial charge in [0.05, 0.1) is 0 Å². The van der Waals surface area contributed by atoms with Crippen LogP contribution >= 0.6 is 0 Å². The van der Waals surface area contributed by atoms with E-state index in [2.05, 4.69) is 12.2 Å². The lowest BCUT2D eigenvalue weighted by atomic mass is 9.96. The number of nitrogens with two attached hydrogens (primary N) is 1. The Morgan fingerprint density at radius 2 is 2.00 bits per heavy atom. The highest BCUT2D eigenvalue weighted by molar-refractivity contribution is 7.89. The van der Waals surface area contributed by atoms with E-state index in [1.807, 2.05) is 0 Å². The monoisotopic (exact) mass is 385 g/mol. The fourth-order valence-electron chi connectivity index (χ4n) is 3.17. The summed E-state index contributed by atoms with van der Waals surface area (Å²) in [5.74, 6) is -1.06. The van der Waals surface area contributed by atoms with Crippen molar-refractivity contribution in [3.63, 3.8) is 0 Å². The maximum atomic E-state index is 13.8. The lowest BCUT2D eigenvalue weighted by Crippen LogP contribution is -2.47. The first-order valence-corrected chi connectivity index (χ1v) is 10.6. The molecule has 1 atom stereocenters. The van der Waals surface area contributed by atoms with Crippen LogP contribution in [-0.4, -0.2) is 44.3 Å². The summed E-state index contributed by atoms with van der Waals surface area (Å²) in [4.78, 5) is 12.1. The topological polar surface area (TPSA) is 92.5 Å². The highest BCUT2D eigenvalue weighted by Gasteiger charge is 2.33. The van der Waals surface area contributed by atoms with Gasteiger partial charge in [0.2, 0.25) is 15.9 Å². The number of nitrogens with zero attached hydrogens (tertiary/aromatic N) is 1. The Kier molecular flexibility index (Phi) is 7.55. The minimum Gasteiger partial charge on any atom is -0.352 e. The molecule has 1 fully saturated rings. The van der Waals surface area contributed by atoms with Crippen LogP contribution in [0.2, 0.25) is 0 Å². The van der Waals surface area contributed by atoms with Crippen molar-refractivity contribution in [3.8, 4) is 0 Å². The number of carbonyl (C=O) groups excluding carboxylic acids is 1. The average Bonchev–Trinajstić information content (AvgIpc) is 2.65. The van der Waals surface area contributed by atoms with Gasteiger partial charge >= 0.3 is 0 Å². The Morgan fingerprint density at radius 3 is 2.58 bits per heavy atom. The Hall–Kier alpha value is -1.51. The van der Waals surface area contributed by atoms with Gasteiger partial charge in [-0.15, -0.1) is 0 Å². The Labute approximate surface area is 155 Å². The molecule has 2 rings (SSSR count). The predicted octanol–water partition coefficient (Wildman–Crippen LogP) is 1.86. The molecule has 1 amide bonds. The van der Waals surface area contributed by atoms with Crippen LogP contribution in [0.1, 0.15) is 39.0 Å². The molecule has 0 aromatic heterocycles. The first-order chi connectivity index (χ1) is 12.4. The van der Waals surface area contributed by atoms with Crippen LogP contribution in [0, 0.1) is 11.7 Å². The highest BCUT2D eigenvalue weighted by Crippen LogP contribution is 2.25. The van der Waals surface area contributed by atoms with E-state index in [4.69, 9.17) is 5.73 Å². The molecule has 8 heteroatoms. The number of halogens is 1. The van der Waals surface area contributed by atoms with Crippen LogP contribution in [0.25, 0.3) is 0 Å². The Balaban J connectivity index is 1.94. The standard InChI is InChI=1S/C18H28FN3O3S/c1-2-3-6-15(13-20)21-18(23)14-9-11-22(12-10-14)26(24,25)17-8-5-4-7-16(17)19/h4-5,7-8,14-15H,2-3,6,9-13,20H2,1H3,(H,21,23). The Bertz CT molecular complexity index is 703. The maximum Gasteiger partial charge on any atom is 0.245 e. The quantitative estimate of drug-likeness (QED) is 0.714. The molecule has 1 heterocycles. The molecule has 1 aliphatic heterocycles. The molecular formula is C18H28FN3O3S. The fourth-order valence-corrected chi connectivity index (χ4v) is 4.70. The van der Waals surface area contributed by atoms with E-state index in [-0.39, 0.29) is 35.9 Å². The first-order valence-electron chi connectivity index (χ1n) is 9.15. The number of sulfonamides is 1. The SMILES string of the molecule is CCCCC(CN)NC(=O)C1CCN(S(=O)(=O)c2ccccc2F)CC1. The van der Waals surface area contributed by atoms with Gasteiger partial charge in [0.1, 0.15) is 10.7 Å². The van der Waals surface area contributed by atoms with Crippen LogP contribution in [0.4, 0.5) is 4.39 Å². The van der Waals surface area contributed by atoms with Crippen molar-refractivity contribution in [1.82, 2.24) is 9.62 Å². The number of carbonyl (C=O) groups is 1. The molecule has 1 unspecified atom stereocenters. The van der Waals surface area contributed by atoms with Crippen molar-refractivity contribution < 1.29 is 17.6 Å². The van der Waals surface area contributed by atoms with Gasteiger partial charge in [-0.3, -0.25) is 4.79 Å². The second kappa shape index (κ2) is 9.43. The van der Waals surface area contributed by atoms with Gasteiger partial charge in [-0.2, -0.15) is 4.31 Å². The van der Waals surface area contributed by atoms with Gasteiger partial charge < -0.3 is 11.1 Å². The molecule has 26 heavy (non-hydrogen) atoms. The van der Waals surface area contributed by atoms with E-state index >= 15 is 0 Å². The zero-order valence-electron chi connectivity index (χ0n) is 15.2. The lowest BCUT2D eigenvalue weighted by molar-refractivity contribution is -0.126. The van der Waals surface area contributed by atoms with Crippen LogP contribution in [0.3, 0.4) is 0 Å². The molecule has 3 N–H and O–H groups in total. The molecule has 0 bridgehead atoms. The van der Waals surface area contributed by atoms with E-state index < -0.39 is 15.8 Å². The van der Waals surface area contributed by atoms with Crippen molar-refractivity contribution in [2.45, 2.75) is 50.0 Å². The van der Waals surface area contributed by atoms with E-state index in [0.29, 0.717) is 19.4 Å². The van der Waals surface area contributed by atoms with E-state index in [1.54, 1.807) is 0 Å². The summed E-state index contributed by atoms with van der Waals surface area (Å²) in [6.07, 6.45) is 3.73. The third-order valence-electron chi connectivity index (χ3n) is 4.82. The summed E-state index contributed by atoms with van der Waals surface area (Å²) in [7, 11) is -3.87. The second-order valence-electron chi connectivity index (χ2n) is 6.69. The van der Waals surface area contributed by atoms with Gasteiger partial charge in [-0.1, -0.05) is 31.9 Å². The summed E-state index contributed by atoms with van der Waals surface area (Å²) in [6.45, 7) is 2.89. The molecule has 1 aliphatic rings. The molecule has 0 radical (unpaired) electrons. The Morgan fingerprint density at radius 1 is 1.35 bits per heavy atom. The number of rotatable bonds is 8. The summed E-state index contributed by atoms with van der Waals surface area (Å²) in [5.41, 5.74) is 5.71. The minimum atomic E-state index is -3.87. The number of amides is 1. The molecule has 1 saturated heterocycles. The summed E-state index contributed by atoms with van der Waals surface area (Å²) in [5, 5.41) is 2.97. The molecular weight excluding hydrogens is 357 g/mol. The molecule has 0 saturated carbocycles. The summed E-state index contributed by atoms with van der Waals surface area (Å²) >= 11 is 0. The first kappa shape index (κ1) is 20.8. The van der Waals surface area contributed by atoms with Crippen molar-refractivity contribution >= 4 is 15.9 Å². The number of hydrogen-bond acceptors (Lipinski definition) is 4. The minimum absolute atomic E-state index is 0.0392. The zero-order valence-corrected chi connectivity index (χ0v) is 16.0. The predicted molar refractivity (Wildman–Crippen MR) is 98.4 cm³/mol. The van der Waals surface area contributed by atoms with Crippen LogP contribution in [-0.2, 0) is 14.8 Å². The summed E-state index contributed by atoms with van der Waals surface area (Å²) in [6, 6.07) is 5.32. The van der Waals surface area contributed by atoms with Gasteiger partial charge in [0.25, 0.3) is 0 Å². The number of benzene rings is 1. The zero-order chi connectivity index (χ0) is 19.2. The van der Waals surface area contributed by atoms with E-state index in [1.165, 1.54) is 22.5 Å². The van der Waals surface area contributed by atoms with Crippen molar-refractivity contribution in [2.75, 3.05) is 19.6 Å². The molecule has 1 aromatic rings.